The van der Waals surface area contributed by atoms with E-state index < -0.39 is 12.0 Å². The fourth-order valence-electron chi connectivity index (χ4n) is 2.57. The van der Waals surface area contributed by atoms with Crippen LogP contribution in [-0.4, -0.2) is 29.5 Å². The summed E-state index contributed by atoms with van der Waals surface area (Å²) in [4.78, 5) is 34.7. The highest BCUT2D eigenvalue weighted by molar-refractivity contribution is 5.84. The van der Waals surface area contributed by atoms with Gasteiger partial charge in [-0.2, -0.15) is 0 Å². The van der Waals surface area contributed by atoms with Gasteiger partial charge in [-0.15, -0.1) is 0 Å². The van der Waals surface area contributed by atoms with Crippen molar-refractivity contribution in [2.45, 2.75) is 32.9 Å². The summed E-state index contributed by atoms with van der Waals surface area (Å²) in [5.41, 5.74) is 0.705. The number of hydrogen-bond donors (Lipinski definition) is 3. The number of para-hydroxylation sites is 1. The maximum atomic E-state index is 12.3. The third kappa shape index (κ3) is 5.88. The molecule has 0 aliphatic carbocycles. The van der Waals surface area contributed by atoms with Gasteiger partial charge in [0.1, 0.15) is 11.5 Å². The quantitative estimate of drug-likeness (QED) is 0.620. The van der Waals surface area contributed by atoms with Gasteiger partial charge in [-0.05, 0) is 25.1 Å². The van der Waals surface area contributed by atoms with Crippen molar-refractivity contribution in [3.63, 3.8) is 0 Å². The zero-order valence-corrected chi connectivity index (χ0v) is 15.2. The summed E-state index contributed by atoms with van der Waals surface area (Å²) in [6.07, 6.45) is -0.00381. The number of carbonyl (C=O) groups is 3. The van der Waals surface area contributed by atoms with Gasteiger partial charge in [-0.3, -0.25) is 9.59 Å². The molecule has 3 N–H and O–H groups in total. The molecule has 1 atom stereocenters. The summed E-state index contributed by atoms with van der Waals surface area (Å²) in [6.45, 7) is 3.74. The second-order valence-electron chi connectivity index (χ2n) is 5.78. The van der Waals surface area contributed by atoms with Crippen molar-refractivity contribution in [1.82, 2.24) is 10.6 Å². The van der Waals surface area contributed by atoms with Gasteiger partial charge in [0.25, 0.3) is 0 Å². The first-order valence-electron chi connectivity index (χ1n) is 8.48. The Morgan fingerprint density at radius 2 is 1.93 bits per heavy atom. The number of carbonyl (C=O) groups excluding carboxylic acids is 2. The molecule has 2 amide bonds. The molecule has 2 aromatic rings. The van der Waals surface area contributed by atoms with Gasteiger partial charge in [0, 0.05) is 12.5 Å². The van der Waals surface area contributed by atoms with Crippen LogP contribution in [0.25, 0.3) is 0 Å². The molecule has 2 rings (SSSR count). The number of furan rings is 1. The number of benzene rings is 1. The van der Waals surface area contributed by atoms with Crippen LogP contribution < -0.4 is 15.4 Å². The zero-order chi connectivity index (χ0) is 19.8. The third-order valence-corrected chi connectivity index (χ3v) is 3.69. The predicted molar refractivity (Wildman–Crippen MR) is 96.3 cm³/mol. The Morgan fingerprint density at radius 1 is 1.19 bits per heavy atom. The van der Waals surface area contributed by atoms with Gasteiger partial charge >= 0.3 is 5.97 Å². The first-order valence-corrected chi connectivity index (χ1v) is 8.48. The summed E-state index contributed by atoms with van der Waals surface area (Å²) in [6, 6.07) is 9.45. The molecule has 0 bridgehead atoms. The smallest absolute Gasteiger partial charge is 0.371 e. The first kappa shape index (κ1) is 20.0. The normalized spacial score (nSPS) is 11.5. The molecule has 144 valence electrons. The lowest BCUT2D eigenvalue weighted by atomic mass is 10.0. The number of ether oxygens (including phenoxy) is 1. The van der Waals surface area contributed by atoms with Crippen molar-refractivity contribution in [3.8, 4) is 5.75 Å². The minimum absolute atomic E-state index is 0.00381. The lowest BCUT2D eigenvalue weighted by Gasteiger charge is -2.20. The van der Waals surface area contributed by atoms with Crippen molar-refractivity contribution in [2.24, 2.45) is 0 Å². The third-order valence-electron chi connectivity index (χ3n) is 3.69. The van der Waals surface area contributed by atoms with Gasteiger partial charge in [0.2, 0.25) is 17.6 Å². The highest BCUT2D eigenvalue weighted by Crippen LogP contribution is 2.27. The molecule has 1 aromatic heterocycles. The van der Waals surface area contributed by atoms with Gasteiger partial charge in [0.15, 0.2) is 0 Å². The summed E-state index contributed by atoms with van der Waals surface area (Å²) >= 11 is 0. The molecular weight excluding hydrogens is 352 g/mol. The molecule has 0 aliphatic heterocycles. The van der Waals surface area contributed by atoms with Gasteiger partial charge in [-0.1, -0.05) is 18.2 Å². The van der Waals surface area contributed by atoms with Gasteiger partial charge < -0.3 is 24.9 Å². The van der Waals surface area contributed by atoms with E-state index in [2.05, 4.69) is 10.6 Å². The Bertz CT molecular complexity index is 814. The predicted octanol–water partition coefficient (Wildman–Crippen LogP) is 2.26. The second kappa shape index (κ2) is 9.42. The zero-order valence-electron chi connectivity index (χ0n) is 15.2. The SMILES string of the molecule is CCOc1ccccc1C(CC(=O)NCc1ccc(C(=O)O)o1)NC(C)=O. The van der Waals surface area contributed by atoms with Crippen LogP contribution in [0, 0.1) is 0 Å². The topological polar surface area (TPSA) is 118 Å². The van der Waals surface area contributed by atoms with E-state index in [1.165, 1.54) is 19.1 Å². The van der Waals surface area contributed by atoms with Crippen molar-refractivity contribution in [1.29, 1.82) is 0 Å². The summed E-state index contributed by atoms with van der Waals surface area (Å²) in [5.74, 6) is -1.04. The van der Waals surface area contributed by atoms with E-state index in [0.29, 0.717) is 23.7 Å². The van der Waals surface area contributed by atoms with E-state index in [-0.39, 0.29) is 30.5 Å². The molecule has 1 unspecified atom stereocenters. The minimum Gasteiger partial charge on any atom is -0.494 e. The van der Waals surface area contributed by atoms with Crippen LogP contribution in [0.5, 0.6) is 5.75 Å². The first-order chi connectivity index (χ1) is 12.9. The molecular formula is C19H22N2O6. The Labute approximate surface area is 156 Å². The number of nitrogens with one attached hydrogen (secondary N) is 2. The van der Waals surface area contributed by atoms with Crippen LogP contribution in [0.4, 0.5) is 0 Å². The summed E-state index contributed by atoms with van der Waals surface area (Å²) in [5, 5.41) is 14.3. The van der Waals surface area contributed by atoms with Crippen molar-refractivity contribution in [2.75, 3.05) is 6.61 Å². The average Bonchev–Trinajstić information content (AvgIpc) is 3.09. The highest BCUT2D eigenvalue weighted by Gasteiger charge is 2.21. The molecule has 1 aromatic carbocycles. The molecule has 27 heavy (non-hydrogen) atoms. The fourth-order valence-corrected chi connectivity index (χ4v) is 2.57. The minimum atomic E-state index is -1.18. The van der Waals surface area contributed by atoms with Gasteiger partial charge in [0.05, 0.1) is 25.6 Å². The summed E-state index contributed by atoms with van der Waals surface area (Å²) < 4.78 is 10.7. The Kier molecular flexibility index (Phi) is 6.99. The number of hydrogen-bond acceptors (Lipinski definition) is 5. The van der Waals surface area contributed by atoms with Crippen LogP contribution in [0.15, 0.2) is 40.8 Å². The van der Waals surface area contributed by atoms with Gasteiger partial charge in [-0.25, -0.2) is 4.79 Å². The van der Waals surface area contributed by atoms with Crippen LogP contribution in [-0.2, 0) is 16.1 Å². The largest absolute Gasteiger partial charge is 0.494 e. The van der Waals surface area contributed by atoms with E-state index in [1.54, 1.807) is 18.2 Å². The molecule has 0 radical (unpaired) electrons. The van der Waals surface area contributed by atoms with Crippen LogP contribution >= 0.6 is 0 Å². The van der Waals surface area contributed by atoms with E-state index in [0.717, 1.165) is 0 Å². The highest BCUT2D eigenvalue weighted by atomic mass is 16.5. The van der Waals surface area contributed by atoms with E-state index in [4.69, 9.17) is 14.3 Å². The number of rotatable bonds is 9. The molecule has 0 fully saturated rings. The Morgan fingerprint density at radius 3 is 2.56 bits per heavy atom. The number of amides is 2. The maximum Gasteiger partial charge on any atom is 0.371 e. The second-order valence-corrected chi connectivity index (χ2v) is 5.78. The molecule has 8 heteroatoms. The molecule has 1 heterocycles. The van der Waals surface area contributed by atoms with Crippen molar-refractivity contribution in [3.05, 3.63) is 53.5 Å². The molecule has 0 saturated carbocycles. The van der Waals surface area contributed by atoms with Crippen molar-refractivity contribution < 1.29 is 28.6 Å². The Balaban J connectivity index is 2.05. The summed E-state index contributed by atoms with van der Waals surface area (Å²) in [7, 11) is 0. The lowest BCUT2D eigenvalue weighted by molar-refractivity contribution is -0.123. The van der Waals surface area contributed by atoms with Crippen LogP contribution in [0.1, 0.15) is 48.2 Å². The Hall–Kier alpha value is -3.29. The number of carboxylic acid groups (broad SMARTS) is 1. The van der Waals surface area contributed by atoms with E-state index in [9.17, 15) is 14.4 Å². The molecule has 8 nitrogen and oxygen atoms in total. The molecule has 0 saturated heterocycles. The number of aromatic carboxylic acids is 1. The fraction of sp³-hybridized carbons (Fsp3) is 0.316. The van der Waals surface area contributed by atoms with Crippen molar-refractivity contribution >= 4 is 17.8 Å². The van der Waals surface area contributed by atoms with Crippen LogP contribution in [0.3, 0.4) is 0 Å². The molecule has 0 spiro atoms. The average molecular weight is 374 g/mol. The molecule has 0 aliphatic rings. The maximum absolute atomic E-state index is 12.3. The number of carboxylic acids is 1. The van der Waals surface area contributed by atoms with E-state index >= 15 is 0 Å². The standard InChI is InChI=1S/C19H22N2O6/c1-3-26-16-7-5-4-6-14(16)15(21-12(2)22)10-18(23)20-11-13-8-9-17(27-13)19(24)25/h4-9,15H,3,10-11H2,1-2H3,(H,20,23)(H,21,22)(H,24,25). The van der Waals surface area contributed by atoms with E-state index in [1.807, 2.05) is 13.0 Å². The van der Waals surface area contributed by atoms with Crippen LogP contribution in [0.2, 0.25) is 0 Å². The monoisotopic (exact) mass is 374 g/mol. The lowest BCUT2D eigenvalue weighted by Crippen LogP contribution is -2.32.